The molecule has 0 saturated carbocycles. The van der Waals surface area contributed by atoms with Gasteiger partial charge in [0.2, 0.25) is 0 Å². The summed E-state index contributed by atoms with van der Waals surface area (Å²) >= 11 is 0. The minimum absolute atomic E-state index is 0.249. The topological polar surface area (TPSA) is 57.0 Å². The molecule has 0 aliphatic rings. The predicted octanol–water partition coefficient (Wildman–Crippen LogP) is 2.68. The molecule has 2 rings (SSSR count). The maximum Gasteiger partial charge on any atom is 0.319 e. The van der Waals surface area contributed by atoms with Gasteiger partial charge >= 0.3 is 5.97 Å². The number of ether oxygens (including phenoxy) is 1. The van der Waals surface area contributed by atoms with Crippen molar-refractivity contribution in [2.75, 3.05) is 6.61 Å². The molecule has 0 fully saturated rings. The average Bonchev–Trinajstić information content (AvgIpc) is 2.79. The number of imidazole rings is 1. The van der Waals surface area contributed by atoms with Gasteiger partial charge in [0, 0.05) is 12.7 Å². The Morgan fingerprint density at radius 2 is 2.15 bits per heavy atom. The van der Waals surface area contributed by atoms with Gasteiger partial charge in [-0.15, -0.1) is 0 Å². The third-order valence-electron chi connectivity index (χ3n) is 3.34. The number of aryl methyl sites for hydroxylation is 1. The maximum atomic E-state index is 12.2. The van der Waals surface area contributed by atoms with E-state index in [4.69, 9.17) is 4.74 Å². The van der Waals surface area contributed by atoms with Crippen LogP contribution in [0.4, 0.5) is 0 Å². The Morgan fingerprint density at radius 3 is 2.80 bits per heavy atom. The van der Waals surface area contributed by atoms with Gasteiger partial charge in [0.1, 0.15) is 16.8 Å². The van der Waals surface area contributed by atoms with E-state index < -0.39 is 5.41 Å². The fourth-order valence-corrected chi connectivity index (χ4v) is 2.31. The van der Waals surface area contributed by atoms with E-state index in [0.717, 1.165) is 29.8 Å². The summed E-state index contributed by atoms with van der Waals surface area (Å²) in [5.74, 6) is 0.487. The average molecular weight is 275 g/mol. The summed E-state index contributed by atoms with van der Waals surface area (Å²) < 4.78 is 7.27. The van der Waals surface area contributed by atoms with Crippen LogP contribution in [-0.4, -0.2) is 27.1 Å². The molecule has 0 aliphatic heterocycles. The quantitative estimate of drug-likeness (QED) is 0.787. The van der Waals surface area contributed by atoms with Crippen LogP contribution < -0.4 is 0 Å². The molecule has 0 N–H and O–H groups in total. The monoisotopic (exact) mass is 275 g/mol. The van der Waals surface area contributed by atoms with Gasteiger partial charge in [0.05, 0.1) is 18.3 Å². The largest absolute Gasteiger partial charge is 0.465 e. The third-order valence-corrected chi connectivity index (χ3v) is 3.34. The molecule has 0 saturated heterocycles. The molecule has 0 amide bonds. The summed E-state index contributed by atoms with van der Waals surface area (Å²) in [5, 5.41) is 0. The van der Waals surface area contributed by atoms with Gasteiger partial charge in [-0.1, -0.05) is 6.92 Å². The van der Waals surface area contributed by atoms with Crippen molar-refractivity contribution >= 4 is 17.0 Å². The van der Waals surface area contributed by atoms with Crippen molar-refractivity contribution in [2.24, 2.45) is 0 Å². The summed E-state index contributed by atoms with van der Waals surface area (Å²) in [6, 6.07) is 1.93. The summed E-state index contributed by atoms with van der Waals surface area (Å²) in [6.07, 6.45) is 4.45. The number of nitrogens with zero attached hydrogens (tertiary/aromatic N) is 3. The van der Waals surface area contributed by atoms with E-state index in [1.807, 2.05) is 26.8 Å². The van der Waals surface area contributed by atoms with E-state index in [1.54, 1.807) is 12.4 Å². The Bertz CT molecular complexity index is 617. The van der Waals surface area contributed by atoms with Crippen molar-refractivity contribution in [1.82, 2.24) is 14.5 Å². The number of hydrogen-bond acceptors (Lipinski definition) is 4. The zero-order chi connectivity index (χ0) is 14.8. The van der Waals surface area contributed by atoms with Gasteiger partial charge in [0.25, 0.3) is 0 Å². The van der Waals surface area contributed by atoms with Crippen molar-refractivity contribution in [3.63, 3.8) is 0 Å². The van der Waals surface area contributed by atoms with E-state index in [1.165, 1.54) is 0 Å². The second-order valence-corrected chi connectivity index (χ2v) is 5.30. The molecule has 0 radical (unpaired) electrons. The highest BCUT2D eigenvalue weighted by atomic mass is 16.5. The number of fused-ring (bicyclic) bond motifs is 1. The van der Waals surface area contributed by atoms with Crippen LogP contribution >= 0.6 is 0 Å². The molecule has 2 aromatic heterocycles. The van der Waals surface area contributed by atoms with Crippen LogP contribution in [0.15, 0.2) is 18.5 Å². The lowest BCUT2D eigenvalue weighted by Crippen LogP contribution is -2.34. The Kier molecular flexibility index (Phi) is 4.06. The molecule has 5 heteroatoms. The fourth-order valence-electron chi connectivity index (χ4n) is 2.31. The zero-order valence-corrected chi connectivity index (χ0v) is 12.5. The zero-order valence-electron chi connectivity index (χ0n) is 12.5. The van der Waals surface area contributed by atoms with Crippen LogP contribution in [-0.2, 0) is 21.5 Å². The van der Waals surface area contributed by atoms with Crippen LogP contribution in [0.5, 0.6) is 0 Å². The van der Waals surface area contributed by atoms with Crippen molar-refractivity contribution in [2.45, 2.75) is 46.1 Å². The Hall–Kier alpha value is -1.91. The summed E-state index contributed by atoms with van der Waals surface area (Å²) in [4.78, 5) is 20.9. The molecule has 0 atom stereocenters. The molecule has 0 aliphatic carbocycles. The molecule has 20 heavy (non-hydrogen) atoms. The second-order valence-electron chi connectivity index (χ2n) is 5.30. The smallest absolute Gasteiger partial charge is 0.319 e. The third kappa shape index (κ3) is 2.40. The van der Waals surface area contributed by atoms with E-state index in [0.29, 0.717) is 6.61 Å². The fraction of sp³-hybridized carbons (Fsp3) is 0.533. The minimum atomic E-state index is -0.774. The van der Waals surface area contributed by atoms with Gasteiger partial charge in [0.15, 0.2) is 0 Å². The number of aromatic nitrogens is 3. The molecule has 0 unspecified atom stereocenters. The number of carbonyl (C=O) groups excluding carboxylic acids is 1. The molecule has 0 bridgehead atoms. The maximum absolute atomic E-state index is 12.2. The highest BCUT2D eigenvalue weighted by Gasteiger charge is 2.36. The van der Waals surface area contributed by atoms with Crippen molar-refractivity contribution < 1.29 is 9.53 Å². The summed E-state index contributed by atoms with van der Waals surface area (Å²) in [7, 11) is 0. The number of rotatable bonds is 5. The Labute approximate surface area is 119 Å². The molecular formula is C15H21N3O2. The first-order valence-electron chi connectivity index (χ1n) is 7.00. The Balaban J connectivity index is 2.57. The molecule has 2 heterocycles. The molecule has 0 spiro atoms. The van der Waals surface area contributed by atoms with Crippen LogP contribution in [0.1, 0.15) is 39.9 Å². The normalized spacial score (nSPS) is 11.8. The molecule has 2 aromatic rings. The molecule has 108 valence electrons. The number of hydrogen-bond donors (Lipinski definition) is 0. The van der Waals surface area contributed by atoms with Crippen molar-refractivity contribution in [1.29, 1.82) is 0 Å². The van der Waals surface area contributed by atoms with E-state index in [2.05, 4.69) is 21.5 Å². The molecular weight excluding hydrogens is 254 g/mol. The van der Waals surface area contributed by atoms with Crippen LogP contribution in [0.3, 0.4) is 0 Å². The lowest BCUT2D eigenvalue weighted by Gasteiger charge is -2.23. The Morgan fingerprint density at radius 1 is 1.40 bits per heavy atom. The highest BCUT2D eigenvalue weighted by molar-refractivity contribution is 5.83. The predicted molar refractivity (Wildman–Crippen MR) is 77.5 cm³/mol. The summed E-state index contributed by atoms with van der Waals surface area (Å²) in [5.41, 5.74) is 1.05. The van der Waals surface area contributed by atoms with Crippen molar-refractivity contribution in [3.05, 3.63) is 24.3 Å². The van der Waals surface area contributed by atoms with E-state index >= 15 is 0 Å². The van der Waals surface area contributed by atoms with Gasteiger partial charge in [-0.25, -0.2) is 4.98 Å². The second kappa shape index (κ2) is 5.61. The standard InChI is InChI=1S/C15H21N3O2/c1-5-9-18-12-7-8-16-10-11(12)17-13(18)15(3,4)14(19)20-6-2/h7-8,10H,5-6,9H2,1-4H3. The first-order valence-corrected chi connectivity index (χ1v) is 7.00. The van der Waals surface area contributed by atoms with Gasteiger partial charge < -0.3 is 9.30 Å². The number of carbonyl (C=O) groups is 1. The van der Waals surface area contributed by atoms with Gasteiger partial charge in [-0.3, -0.25) is 9.78 Å². The van der Waals surface area contributed by atoms with Crippen molar-refractivity contribution in [3.8, 4) is 0 Å². The van der Waals surface area contributed by atoms with Gasteiger partial charge in [-0.05, 0) is 33.3 Å². The molecule has 0 aromatic carbocycles. The van der Waals surface area contributed by atoms with Gasteiger partial charge in [-0.2, -0.15) is 0 Å². The SMILES string of the molecule is CCCn1c(C(C)(C)C(=O)OCC)nc2cnccc21. The van der Waals surface area contributed by atoms with E-state index in [-0.39, 0.29) is 5.97 Å². The minimum Gasteiger partial charge on any atom is -0.465 e. The lowest BCUT2D eigenvalue weighted by atomic mass is 9.92. The lowest BCUT2D eigenvalue weighted by molar-refractivity contribution is -0.149. The first kappa shape index (κ1) is 14.5. The number of pyridine rings is 1. The van der Waals surface area contributed by atoms with Crippen LogP contribution in [0.25, 0.3) is 11.0 Å². The van der Waals surface area contributed by atoms with E-state index in [9.17, 15) is 4.79 Å². The first-order chi connectivity index (χ1) is 9.52. The summed E-state index contributed by atoms with van der Waals surface area (Å²) in [6.45, 7) is 8.81. The van der Waals surface area contributed by atoms with Crippen LogP contribution in [0, 0.1) is 0 Å². The molecule has 5 nitrogen and oxygen atoms in total. The van der Waals surface area contributed by atoms with Crippen LogP contribution in [0.2, 0.25) is 0 Å². The number of esters is 1. The highest BCUT2D eigenvalue weighted by Crippen LogP contribution is 2.28.